The number of nitrogen functional groups attached to an aromatic ring is 1. The summed E-state index contributed by atoms with van der Waals surface area (Å²) in [6.45, 7) is 3.71. The Bertz CT molecular complexity index is 568. The van der Waals surface area contributed by atoms with E-state index in [4.69, 9.17) is 10.5 Å². The molecule has 2 rings (SSSR count). The molecule has 0 aromatic heterocycles. The number of sulfonamides is 1. The van der Waals surface area contributed by atoms with Crippen LogP contribution in [-0.2, 0) is 21.2 Å². The predicted octanol–water partition coefficient (Wildman–Crippen LogP) is 1.93. The molecule has 1 aliphatic carbocycles. The molecule has 6 heteroatoms. The van der Waals surface area contributed by atoms with Gasteiger partial charge in [0, 0.05) is 25.4 Å². The molecule has 0 saturated heterocycles. The molecule has 0 bridgehead atoms. The molecule has 1 aromatic rings. The summed E-state index contributed by atoms with van der Waals surface area (Å²) in [6, 6.07) is 5.01. The second kappa shape index (κ2) is 7.24. The van der Waals surface area contributed by atoms with E-state index >= 15 is 0 Å². The molecule has 0 atom stereocenters. The van der Waals surface area contributed by atoms with Gasteiger partial charge in [-0.1, -0.05) is 13.0 Å². The van der Waals surface area contributed by atoms with E-state index < -0.39 is 10.0 Å². The molecular weight excluding hydrogens is 288 g/mol. The fourth-order valence-electron chi connectivity index (χ4n) is 2.11. The van der Waals surface area contributed by atoms with Crippen molar-refractivity contribution in [2.75, 3.05) is 25.5 Å². The van der Waals surface area contributed by atoms with Crippen LogP contribution >= 0.6 is 0 Å². The van der Waals surface area contributed by atoms with Crippen LogP contribution in [0.3, 0.4) is 0 Å². The molecule has 0 heterocycles. The van der Waals surface area contributed by atoms with Crippen LogP contribution in [0.15, 0.2) is 23.1 Å². The Morgan fingerprint density at radius 3 is 2.81 bits per heavy atom. The zero-order valence-corrected chi connectivity index (χ0v) is 13.3. The first kappa shape index (κ1) is 16.3. The van der Waals surface area contributed by atoms with Gasteiger partial charge in [-0.05, 0) is 49.3 Å². The van der Waals surface area contributed by atoms with Gasteiger partial charge in [-0.15, -0.1) is 0 Å². The van der Waals surface area contributed by atoms with E-state index in [9.17, 15) is 8.42 Å². The second-order valence-corrected chi connectivity index (χ2v) is 7.23. The Labute approximate surface area is 126 Å². The third-order valence-corrected chi connectivity index (χ3v) is 5.11. The number of nitrogens with one attached hydrogen (secondary N) is 1. The topological polar surface area (TPSA) is 81.4 Å². The van der Waals surface area contributed by atoms with Crippen LogP contribution < -0.4 is 10.5 Å². The SMILES string of the molecule is CCc1ccc(N)cc1S(=O)(=O)NCCCOCC1CC1. The number of ether oxygens (including phenoxy) is 1. The standard InChI is InChI=1S/C15H24N2O3S/c1-2-13-6-7-14(16)10-15(13)21(18,19)17-8-3-9-20-11-12-4-5-12/h6-7,10,12,17H,2-5,8-9,11,16H2,1H3. The van der Waals surface area contributed by atoms with Crippen LogP contribution in [0.4, 0.5) is 5.69 Å². The van der Waals surface area contributed by atoms with Gasteiger partial charge in [0.1, 0.15) is 0 Å². The van der Waals surface area contributed by atoms with Crippen LogP contribution in [0.1, 0.15) is 31.7 Å². The highest BCUT2D eigenvalue weighted by molar-refractivity contribution is 7.89. The first-order valence-corrected chi connectivity index (χ1v) is 8.97. The minimum Gasteiger partial charge on any atom is -0.399 e. The molecule has 1 aliphatic rings. The maximum absolute atomic E-state index is 12.3. The van der Waals surface area contributed by atoms with E-state index in [0.29, 0.717) is 31.7 Å². The summed E-state index contributed by atoms with van der Waals surface area (Å²) >= 11 is 0. The molecule has 0 aliphatic heterocycles. The zero-order valence-electron chi connectivity index (χ0n) is 12.5. The summed E-state index contributed by atoms with van der Waals surface area (Å²) in [5, 5.41) is 0. The summed E-state index contributed by atoms with van der Waals surface area (Å²) in [5.41, 5.74) is 6.93. The van der Waals surface area contributed by atoms with Gasteiger partial charge in [-0.25, -0.2) is 13.1 Å². The normalized spacial score (nSPS) is 15.3. The Morgan fingerprint density at radius 2 is 2.14 bits per heavy atom. The first-order chi connectivity index (χ1) is 10.0. The van der Waals surface area contributed by atoms with Gasteiger partial charge in [-0.2, -0.15) is 0 Å². The van der Waals surface area contributed by atoms with E-state index in [2.05, 4.69) is 4.72 Å². The van der Waals surface area contributed by atoms with Crippen molar-refractivity contribution in [2.24, 2.45) is 5.92 Å². The Morgan fingerprint density at radius 1 is 1.38 bits per heavy atom. The number of hydrogen-bond acceptors (Lipinski definition) is 4. The third kappa shape index (κ3) is 4.98. The lowest BCUT2D eigenvalue weighted by atomic mass is 10.1. The Balaban J connectivity index is 1.84. The minimum atomic E-state index is -3.50. The predicted molar refractivity (Wildman–Crippen MR) is 83.6 cm³/mol. The van der Waals surface area contributed by atoms with Crippen LogP contribution in [0.2, 0.25) is 0 Å². The van der Waals surface area contributed by atoms with Gasteiger partial charge >= 0.3 is 0 Å². The lowest BCUT2D eigenvalue weighted by Crippen LogP contribution is -2.26. The minimum absolute atomic E-state index is 0.281. The van der Waals surface area contributed by atoms with Crippen molar-refractivity contribution >= 4 is 15.7 Å². The molecule has 118 valence electrons. The monoisotopic (exact) mass is 312 g/mol. The van der Waals surface area contributed by atoms with Gasteiger partial charge < -0.3 is 10.5 Å². The number of anilines is 1. The first-order valence-electron chi connectivity index (χ1n) is 7.48. The summed E-state index contributed by atoms with van der Waals surface area (Å²) in [4.78, 5) is 0.281. The van der Waals surface area contributed by atoms with Crippen molar-refractivity contribution in [3.05, 3.63) is 23.8 Å². The lowest BCUT2D eigenvalue weighted by molar-refractivity contribution is 0.123. The van der Waals surface area contributed by atoms with Crippen molar-refractivity contribution in [3.8, 4) is 0 Å². The third-order valence-electron chi connectivity index (χ3n) is 3.57. The Kier molecular flexibility index (Phi) is 5.61. The van der Waals surface area contributed by atoms with Gasteiger partial charge in [-0.3, -0.25) is 0 Å². The highest BCUT2D eigenvalue weighted by Crippen LogP contribution is 2.28. The van der Waals surface area contributed by atoms with E-state index in [-0.39, 0.29) is 4.90 Å². The number of nitrogens with two attached hydrogens (primary N) is 1. The van der Waals surface area contributed by atoms with E-state index in [1.54, 1.807) is 12.1 Å². The van der Waals surface area contributed by atoms with E-state index in [1.807, 2.05) is 6.92 Å². The van der Waals surface area contributed by atoms with Crippen LogP contribution in [0, 0.1) is 5.92 Å². The molecule has 0 radical (unpaired) electrons. The maximum atomic E-state index is 12.3. The van der Waals surface area contributed by atoms with Crippen molar-refractivity contribution in [1.82, 2.24) is 4.72 Å². The summed E-state index contributed by atoms with van der Waals surface area (Å²) in [5.74, 6) is 0.737. The summed E-state index contributed by atoms with van der Waals surface area (Å²) in [7, 11) is -3.50. The molecule has 5 nitrogen and oxygen atoms in total. The highest BCUT2D eigenvalue weighted by atomic mass is 32.2. The van der Waals surface area contributed by atoms with Crippen molar-refractivity contribution in [2.45, 2.75) is 37.5 Å². The lowest BCUT2D eigenvalue weighted by Gasteiger charge is -2.11. The fraction of sp³-hybridized carbons (Fsp3) is 0.600. The van der Waals surface area contributed by atoms with Crippen LogP contribution in [0.25, 0.3) is 0 Å². The highest BCUT2D eigenvalue weighted by Gasteiger charge is 2.21. The molecule has 3 N–H and O–H groups in total. The average molecular weight is 312 g/mol. The Hall–Kier alpha value is -1.11. The largest absolute Gasteiger partial charge is 0.399 e. The van der Waals surface area contributed by atoms with Gasteiger partial charge in [0.25, 0.3) is 0 Å². The maximum Gasteiger partial charge on any atom is 0.240 e. The summed E-state index contributed by atoms with van der Waals surface area (Å²) in [6.07, 6.45) is 3.86. The van der Waals surface area contributed by atoms with E-state index in [1.165, 1.54) is 18.9 Å². The molecule has 0 amide bonds. The number of rotatable bonds is 9. The number of aryl methyl sites for hydroxylation is 1. The molecule has 21 heavy (non-hydrogen) atoms. The molecule has 0 unspecified atom stereocenters. The average Bonchev–Trinajstić information content (AvgIpc) is 3.27. The van der Waals surface area contributed by atoms with Gasteiger partial charge in [0.15, 0.2) is 0 Å². The van der Waals surface area contributed by atoms with Crippen molar-refractivity contribution < 1.29 is 13.2 Å². The number of hydrogen-bond donors (Lipinski definition) is 2. The number of benzene rings is 1. The van der Waals surface area contributed by atoms with Crippen molar-refractivity contribution in [3.63, 3.8) is 0 Å². The summed E-state index contributed by atoms with van der Waals surface area (Å²) < 4.78 is 32.7. The van der Waals surface area contributed by atoms with Gasteiger partial charge in [0.2, 0.25) is 10.0 Å². The van der Waals surface area contributed by atoms with Gasteiger partial charge in [0.05, 0.1) is 4.90 Å². The molecule has 0 spiro atoms. The second-order valence-electron chi connectivity index (χ2n) is 5.49. The van der Waals surface area contributed by atoms with Crippen molar-refractivity contribution in [1.29, 1.82) is 0 Å². The zero-order chi connectivity index (χ0) is 15.3. The van der Waals surface area contributed by atoms with E-state index in [0.717, 1.165) is 18.1 Å². The van der Waals surface area contributed by atoms with Crippen LogP contribution in [-0.4, -0.2) is 28.2 Å². The smallest absolute Gasteiger partial charge is 0.240 e. The quantitative estimate of drug-likeness (QED) is 0.539. The molecular formula is C15H24N2O3S. The molecule has 1 aromatic carbocycles. The fourth-order valence-corrected chi connectivity index (χ4v) is 3.52. The molecule has 1 fully saturated rings. The van der Waals surface area contributed by atoms with Crippen LogP contribution in [0.5, 0.6) is 0 Å². The molecule has 1 saturated carbocycles.